The van der Waals surface area contributed by atoms with Gasteiger partial charge in [0.25, 0.3) is 5.91 Å². The number of rotatable bonds is 8. The van der Waals surface area contributed by atoms with Crippen LogP contribution >= 0.6 is 43.6 Å². The van der Waals surface area contributed by atoms with Crippen LogP contribution in [0.3, 0.4) is 0 Å². The van der Waals surface area contributed by atoms with Crippen LogP contribution in [-0.4, -0.2) is 27.3 Å². The molecule has 0 aliphatic rings. The standard InChI is InChI=1S/C20H20Br2N4O2S/c1-13-3-5-14(6-4-13)11-29-12-18-24-25-20(26(18)2)28-10-19(27)23-17-8-7-15(21)9-16(17)22/h3-9H,10-12H2,1-2H3,(H,23,27). The second-order valence-electron chi connectivity index (χ2n) is 6.40. The smallest absolute Gasteiger partial charge is 0.317 e. The second-order valence-corrected chi connectivity index (χ2v) is 9.15. The Kier molecular flexibility index (Phi) is 7.74. The van der Waals surface area contributed by atoms with Crippen molar-refractivity contribution in [2.24, 2.45) is 7.05 Å². The van der Waals surface area contributed by atoms with Gasteiger partial charge in [0.05, 0.1) is 11.4 Å². The molecule has 0 fully saturated rings. The van der Waals surface area contributed by atoms with Gasteiger partial charge in [-0.3, -0.25) is 9.36 Å². The molecule has 3 aromatic rings. The molecule has 0 saturated carbocycles. The lowest BCUT2D eigenvalue weighted by molar-refractivity contribution is -0.118. The summed E-state index contributed by atoms with van der Waals surface area (Å²) in [5, 5.41) is 11.0. The topological polar surface area (TPSA) is 69.0 Å². The third-order valence-corrected chi connectivity index (χ3v) is 6.23. The maximum atomic E-state index is 12.2. The van der Waals surface area contributed by atoms with Crippen LogP contribution in [0.25, 0.3) is 0 Å². The monoisotopic (exact) mass is 538 g/mol. The summed E-state index contributed by atoms with van der Waals surface area (Å²) in [5.41, 5.74) is 3.20. The number of nitrogens with one attached hydrogen (secondary N) is 1. The van der Waals surface area contributed by atoms with Crippen LogP contribution in [0.4, 0.5) is 5.69 Å². The zero-order valence-corrected chi connectivity index (χ0v) is 20.0. The Morgan fingerprint density at radius 2 is 1.90 bits per heavy atom. The number of halogens is 2. The van der Waals surface area contributed by atoms with Crippen LogP contribution in [0, 0.1) is 6.92 Å². The zero-order valence-electron chi connectivity index (χ0n) is 16.0. The minimum atomic E-state index is -0.272. The number of carbonyl (C=O) groups excluding carboxylic acids is 1. The summed E-state index contributed by atoms with van der Waals surface area (Å²) in [7, 11) is 1.83. The summed E-state index contributed by atoms with van der Waals surface area (Å²) in [6.07, 6.45) is 0. The highest BCUT2D eigenvalue weighted by Gasteiger charge is 2.13. The first-order valence-corrected chi connectivity index (χ1v) is 11.6. The fourth-order valence-electron chi connectivity index (χ4n) is 2.45. The zero-order chi connectivity index (χ0) is 20.8. The maximum absolute atomic E-state index is 12.2. The summed E-state index contributed by atoms with van der Waals surface area (Å²) in [5.74, 6) is 2.13. The van der Waals surface area contributed by atoms with E-state index in [1.54, 1.807) is 22.4 Å². The fraction of sp³-hybridized carbons (Fsp3) is 0.250. The summed E-state index contributed by atoms with van der Waals surface area (Å²) >= 11 is 8.55. The molecular formula is C20H20Br2N4O2S. The van der Waals surface area contributed by atoms with Crippen molar-refractivity contribution in [1.82, 2.24) is 14.8 Å². The van der Waals surface area contributed by atoms with Gasteiger partial charge in [0.15, 0.2) is 6.61 Å². The molecule has 29 heavy (non-hydrogen) atoms. The number of carbonyl (C=O) groups is 1. The molecule has 3 rings (SSSR count). The predicted octanol–water partition coefficient (Wildman–Crippen LogP) is 5.10. The molecule has 0 saturated heterocycles. The molecule has 1 heterocycles. The number of benzene rings is 2. The predicted molar refractivity (Wildman–Crippen MR) is 123 cm³/mol. The van der Waals surface area contributed by atoms with Gasteiger partial charge in [0, 0.05) is 21.7 Å². The van der Waals surface area contributed by atoms with Gasteiger partial charge in [-0.05, 0) is 46.6 Å². The fourth-order valence-corrected chi connectivity index (χ4v) is 4.56. The van der Waals surface area contributed by atoms with Crippen molar-refractivity contribution in [1.29, 1.82) is 0 Å². The summed E-state index contributed by atoms with van der Waals surface area (Å²) in [6.45, 7) is 1.93. The largest absolute Gasteiger partial charge is 0.453 e. The first kappa shape index (κ1) is 21.9. The Morgan fingerprint density at radius 3 is 2.62 bits per heavy atom. The number of aromatic nitrogens is 3. The van der Waals surface area contributed by atoms with Gasteiger partial charge in [-0.15, -0.1) is 16.9 Å². The highest BCUT2D eigenvalue weighted by Crippen LogP contribution is 2.26. The van der Waals surface area contributed by atoms with E-state index < -0.39 is 0 Å². The van der Waals surface area contributed by atoms with E-state index in [9.17, 15) is 4.79 Å². The normalized spacial score (nSPS) is 10.8. The lowest BCUT2D eigenvalue weighted by atomic mass is 10.2. The van der Waals surface area contributed by atoms with Crippen LogP contribution < -0.4 is 10.1 Å². The number of thioether (sulfide) groups is 1. The lowest BCUT2D eigenvalue weighted by Crippen LogP contribution is -2.21. The second kappa shape index (κ2) is 10.3. The Hall–Kier alpha value is -1.84. The number of hydrogen-bond acceptors (Lipinski definition) is 5. The van der Waals surface area contributed by atoms with Crippen molar-refractivity contribution in [2.45, 2.75) is 18.4 Å². The van der Waals surface area contributed by atoms with E-state index in [-0.39, 0.29) is 12.5 Å². The molecule has 0 aliphatic heterocycles. The van der Waals surface area contributed by atoms with E-state index in [1.807, 2.05) is 19.2 Å². The van der Waals surface area contributed by atoms with Crippen LogP contribution in [0.15, 0.2) is 51.4 Å². The number of amides is 1. The molecule has 0 radical (unpaired) electrons. The summed E-state index contributed by atoms with van der Waals surface area (Å²) < 4.78 is 9.01. The quantitative estimate of drug-likeness (QED) is 0.431. The molecule has 152 valence electrons. The number of ether oxygens (including phenoxy) is 1. The molecule has 9 heteroatoms. The molecule has 1 amide bonds. The third kappa shape index (κ3) is 6.32. The van der Waals surface area contributed by atoms with E-state index in [4.69, 9.17) is 4.74 Å². The van der Waals surface area contributed by atoms with Gasteiger partial charge in [-0.25, -0.2) is 0 Å². The van der Waals surface area contributed by atoms with E-state index in [0.717, 1.165) is 20.5 Å². The Bertz CT molecular complexity index is 993. The first-order valence-electron chi connectivity index (χ1n) is 8.81. The van der Waals surface area contributed by atoms with Gasteiger partial charge in [-0.2, -0.15) is 0 Å². The number of nitrogens with zero attached hydrogens (tertiary/aromatic N) is 3. The van der Waals surface area contributed by atoms with Gasteiger partial charge in [-0.1, -0.05) is 50.9 Å². The number of aryl methyl sites for hydroxylation is 1. The molecule has 0 bridgehead atoms. The summed E-state index contributed by atoms with van der Waals surface area (Å²) in [4.78, 5) is 12.2. The van der Waals surface area contributed by atoms with Gasteiger partial charge in [0.1, 0.15) is 5.82 Å². The third-order valence-electron chi connectivity index (χ3n) is 4.08. The summed E-state index contributed by atoms with van der Waals surface area (Å²) in [6, 6.07) is 14.3. The molecule has 0 atom stereocenters. The molecule has 2 aromatic carbocycles. The van der Waals surface area contributed by atoms with Gasteiger partial charge >= 0.3 is 6.01 Å². The Morgan fingerprint density at radius 1 is 1.14 bits per heavy atom. The average Bonchev–Trinajstić information content (AvgIpc) is 3.04. The SMILES string of the molecule is Cc1ccc(CSCc2nnc(OCC(=O)Nc3ccc(Br)cc3Br)n2C)cc1. The van der Waals surface area contributed by atoms with E-state index >= 15 is 0 Å². The van der Waals surface area contributed by atoms with Crippen molar-refractivity contribution in [3.8, 4) is 6.01 Å². The molecule has 1 aromatic heterocycles. The highest BCUT2D eigenvalue weighted by atomic mass is 79.9. The van der Waals surface area contributed by atoms with Gasteiger partial charge in [0.2, 0.25) is 0 Å². The lowest BCUT2D eigenvalue weighted by Gasteiger charge is -2.09. The van der Waals surface area contributed by atoms with E-state index in [0.29, 0.717) is 17.5 Å². The molecule has 6 nitrogen and oxygen atoms in total. The number of hydrogen-bond donors (Lipinski definition) is 1. The minimum Gasteiger partial charge on any atom is -0.453 e. The van der Waals surface area contributed by atoms with Crippen LogP contribution in [0.2, 0.25) is 0 Å². The molecule has 0 aliphatic carbocycles. The van der Waals surface area contributed by atoms with Crippen molar-refractivity contribution in [2.75, 3.05) is 11.9 Å². The Balaban J connectivity index is 1.48. The van der Waals surface area contributed by atoms with Crippen LogP contribution in [0.1, 0.15) is 17.0 Å². The van der Waals surface area contributed by atoms with Crippen molar-refractivity contribution < 1.29 is 9.53 Å². The maximum Gasteiger partial charge on any atom is 0.317 e. The van der Waals surface area contributed by atoms with E-state index in [1.165, 1.54) is 11.1 Å². The average molecular weight is 540 g/mol. The van der Waals surface area contributed by atoms with Crippen molar-refractivity contribution >= 4 is 55.2 Å². The van der Waals surface area contributed by atoms with Crippen LogP contribution in [-0.2, 0) is 23.3 Å². The molecule has 1 N–H and O–H groups in total. The molecule has 0 unspecified atom stereocenters. The minimum absolute atomic E-state index is 0.148. The van der Waals surface area contributed by atoms with Gasteiger partial charge < -0.3 is 10.1 Å². The highest BCUT2D eigenvalue weighted by molar-refractivity contribution is 9.11. The van der Waals surface area contributed by atoms with Crippen molar-refractivity contribution in [3.05, 3.63) is 68.4 Å². The first-order chi connectivity index (χ1) is 13.9. The Labute approximate surface area is 190 Å². The van der Waals surface area contributed by atoms with Crippen molar-refractivity contribution in [3.63, 3.8) is 0 Å². The molecular weight excluding hydrogens is 520 g/mol. The molecule has 0 spiro atoms. The van der Waals surface area contributed by atoms with Crippen LogP contribution in [0.5, 0.6) is 6.01 Å². The van der Waals surface area contributed by atoms with E-state index in [2.05, 4.69) is 78.6 Å². The number of anilines is 1.